The molecule has 1 aliphatic carbocycles. The fraction of sp³-hybridized carbons (Fsp3) is 0.368. The van der Waals surface area contributed by atoms with Crippen molar-refractivity contribution in [3.8, 4) is 0 Å². The van der Waals surface area contributed by atoms with Gasteiger partial charge in [-0.05, 0) is 56.0 Å². The molecule has 0 saturated heterocycles. The number of aryl methyl sites for hydroxylation is 1. The third kappa shape index (κ3) is 4.64. The quantitative estimate of drug-likeness (QED) is 0.760. The van der Waals surface area contributed by atoms with Crippen LogP contribution < -0.4 is 4.72 Å². The molecular weight excluding hydrogens is 370 g/mol. The van der Waals surface area contributed by atoms with Crippen LogP contribution in [0.2, 0.25) is 0 Å². The standard InChI is InChI=1S/C19H21NO6S/c1-13-8-9-15(27(23,24)20-12-14-5-4-10-25-14)11-16(13)19(22)26-18-7-3-2-6-17(18)21/h4-5,8-11,18,20H,2-3,6-7,12H2,1H3. The predicted molar refractivity (Wildman–Crippen MR) is 96.6 cm³/mol. The first-order chi connectivity index (χ1) is 12.9. The maximum Gasteiger partial charge on any atom is 0.339 e. The van der Waals surface area contributed by atoms with Crippen LogP contribution in [0.1, 0.15) is 47.4 Å². The van der Waals surface area contributed by atoms with Crippen LogP contribution >= 0.6 is 0 Å². The van der Waals surface area contributed by atoms with E-state index in [1.54, 1.807) is 25.1 Å². The van der Waals surface area contributed by atoms with E-state index in [4.69, 9.17) is 9.15 Å². The monoisotopic (exact) mass is 391 g/mol. The fourth-order valence-corrected chi connectivity index (χ4v) is 3.94. The van der Waals surface area contributed by atoms with Crippen LogP contribution in [-0.2, 0) is 26.1 Å². The van der Waals surface area contributed by atoms with Crippen LogP contribution in [-0.4, -0.2) is 26.3 Å². The number of sulfonamides is 1. The van der Waals surface area contributed by atoms with Gasteiger partial charge < -0.3 is 9.15 Å². The van der Waals surface area contributed by atoms with Gasteiger partial charge in [-0.25, -0.2) is 17.9 Å². The molecule has 1 aromatic carbocycles. The maximum absolute atomic E-state index is 12.5. The molecule has 0 amide bonds. The summed E-state index contributed by atoms with van der Waals surface area (Å²) in [5, 5.41) is 0. The Balaban J connectivity index is 1.76. The average molecular weight is 391 g/mol. The van der Waals surface area contributed by atoms with Crippen molar-refractivity contribution in [3.05, 3.63) is 53.5 Å². The molecule has 0 bridgehead atoms. The van der Waals surface area contributed by atoms with E-state index in [-0.39, 0.29) is 22.8 Å². The van der Waals surface area contributed by atoms with Crippen molar-refractivity contribution in [2.75, 3.05) is 0 Å². The molecule has 144 valence electrons. The summed E-state index contributed by atoms with van der Waals surface area (Å²) >= 11 is 0. The van der Waals surface area contributed by atoms with E-state index < -0.39 is 22.1 Å². The molecule has 27 heavy (non-hydrogen) atoms. The topological polar surface area (TPSA) is 103 Å². The molecular formula is C19H21NO6S. The Morgan fingerprint density at radius 3 is 2.81 bits per heavy atom. The lowest BCUT2D eigenvalue weighted by Gasteiger charge is -2.21. The van der Waals surface area contributed by atoms with Gasteiger partial charge >= 0.3 is 5.97 Å². The number of benzene rings is 1. The highest BCUT2D eigenvalue weighted by Crippen LogP contribution is 2.21. The molecule has 1 saturated carbocycles. The molecule has 0 aliphatic heterocycles. The summed E-state index contributed by atoms with van der Waals surface area (Å²) < 4.78 is 37.9. The first kappa shape index (κ1) is 19.3. The molecule has 1 heterocycles. The molecule has 3 rings (SSSR count). The number of ketones is 1. The lowest BCUT2D eigenvalue weighted by atomic mass is 9.96. The summed E-state index contributed by atoms with van der Waals surface area (Å²) in [6.45, 7) is 1.69. The zero-order chi connectivity index (χ0) is 19.4. The third-order valence-corrected chi connectivity index (χ3v) is 5.90. The molecule has 1 aliphatic rings. The van der Waals surface area contributed by atoms with E-state index >= 15 is 0 Å². The number of carbonyl (C=O) groups is 2. The van der Waals surface area contributed by atoms with Crippen LogP contribution in [0.4, 0.5) is 0 Å². The van der Waals surface area contributed by atoms with E-state index in [2.05, 4.69) is 4.72 Å². The second kappa shape index (κ2) is 8.06. The fourth-order valence-electron chi connectivity index (χ4n) is 2.92. The second-order valence-electron chi connectivity index (χ2n) is 6.49. The van der Waals surface area contributed by atoms with Gasteiger partial charge in [0.1, 0.15) is 5.76 Å². The molecule has 1 fully saturated rings. The van der Waals surface area contributed by atoms with Crippen LogP contribution in [0.15, 0.2) is 45.9 Å². The van der Waals surface area contributed by atoms with Crippen molar-refractivity contribution >= 4 is 21.8 Å². The van der Waals surface area contributed by atoms with E-state index in [9.17, 15) is 18.0 Å². The molecule has 2 aromatic rings. The Hall–Kier alpha value is -2.45. The van der Waals surface area contributed by atoms with Crippen molar-refractivity contribution in [1.82, 2.24) is 4.72 Å². The number of esters is 1. The molecule has 1 aromatic heterocycles. The largest absolute Gasteiger partial charge is 0.468 e. The van der Waals surface area contributed by atoms with Crippen LogP contribution in [0.3, 0.4) is 0 Å². The van der Waals surface area contributed by atoms with Gasteiger partial charge in [0, 0.05) is 6.42 Å². The van der Waals surface area contributed by atoms with Gasteiger partial charge in [0.05, 0.1) is 23.3 Å². The van der Waals surface area contributed by atoms with Crippen LogP contribution in [0.25, 0.3) is 0 Å². The van der Waals surface area contributed by atoms with Crippen molar-refractivity contribution in [2.45, 2.75) is 50.2 Å². The molecule has 8 heteroatoms. The highest BCUT2D eigenvalue weighted by molar-refractivity contribution is 7.89. The van der Waals surface area contributed by atoms with Gasteiger partial charge in [-0.2, -0.15) is 0 Å². The zero-order valence-electron chi connectivity index (χ0n) is 14.9. The molecule has 7 nitrogen and oxygen atoms in total. The zero-order valence-corrected chi connectivity index (χ0v) is 15.8. The highest BCUT2D eigenvalue weighted by Gasteiger charge is 2.27. The number of carbonyl (C=O) groups excluding carboxylic acids is 2. The minimum atomic E-state index is -3.84. The second-order valence-corrected chi connectivity index (χ2v) is 8.25. The maximum atomic E-state index is 12.5. The average Bonchev–Trinajstić information content (AvgIpc) is 3.16. The van der Waals surface area contributed by atoms with Gasteiger partial charge in [-0.3, -0.25) is 4.79 Å². The Bertz CT molecular complexity index is 933. The SMILES string of the molecule is Cc1ccc(S(=O)(=O)NCc2ccco2)cc1C(=O)OC1CCCCC1=O. The summed E-state index contributed by atoms with van der Waals surface area (Å²) in [6, 6.07) is 7.55. The van der Waals surface area contributed by atoms with E-state index in [0.717, 1.165) is 12.8 Å². The molecule has 0 radical (unpaired) electrons. The molecule has 1 atom stereocenters. The van der Waals surface area contributed by atoms with E-state index in [1.807, 2.05) is 0 Å². The first-order valence-corrected chi connectivity index (χ1v) is 10.2. The molecule has 1 N–H and O–H groups in total. The Labute approximate surface area is 157 Å². The van der Waals surface area contributed by atoms with Gasteiger partial charge in [-0.1, -0.05) is 6.07 Å². The predicted octanol–water partition coefficient (Wildman–Crippen LogP) is 2.74. The number of rotatable bonds is 6. The summed E-state index contributed by atoms with van der Waals surface area (Å²) in [4.78, 5) is 24.3. The summed E-state index contributed by atoms with van der Waals surface area (Å²) in [5.41, 5.74) is 0.711. The Morgan fingerprint density at radius 1 is 1.30 bits per heavy atom. The lowest BCUT2D eigenvalue weighted by Crippen LogP contribution is -2.30. The summed E-state index contributed by atoms with van der Waals surface area (Å²) in [5.74, 6) is -0.298. The number of nitrogens with one attached hydrogen (secondary N) is 1. The Morgan fingerprint density at radius 2 is 2.11 bits per heavy atom. The van der Waals surface area contributed by atoms with Crippen LogP contribution in [0.5, 0.6) is 0 Å². The van der Waals surface area contributed by atoms with Gasteiger partial charge in [-0.15, -0.1) is 0 Å². The summed E-state index contributed by atoms with van der Waals surface area (Å²) in [6.07, 6.45) is 3.25. The smallest absolute Gasteiger partial charge is 0.339 e. The number of ether oxygens (including phenoxy) is 1. The van der Waals surface area contributed by atoms with Crippen molar-refractivity contribution in [2.24, 2.45) is 0 Å². The number of Topliss-reactive ketones (excluding diaryl/α,β-unsaturated/α-hetero) is 1. The van der Waals surface area contributed by atoms with Crippen molar-refractivity contribution in [3.63, 3.8) is 0 Å². The van der Waals surface area contributed by atoms with E-state index in [1.165, 1.54) is 18.4 Å². The molecule has 1 unspecified atom stereocenters. The minimum absolute atomic E-state index is 0.000431. The van der Waals surface area contributed by atoms with E-state index in [0.29, 0.717) is 24.2 Å². The number of furan rings is 1. The van der Waals surface area contributed by atoms with Crippen LogP contribution in [0, 0.1) is 6.92 Å². The van der Waals surface area contributed by atoms with Crippen molar-refractivity contribution < 1.29 is 27.2 Å². The third-order valence-electron chi connectivity index (χ3n) is 4.50. The first-order valence-electron chi connectivity index (χ1n) is 8.73. The Kier molecular flexibility index (Phi) is 5.76. The highest BCUT2D eigenvalue weighted by atomic mass is 32.2. The summed E-state index contributed by atoms with van der Waals surface area (Å²) in [7, 11) is -3.84. The molecule has 0 spiro atoms. The van der Waals surface area contributed by atoms with Gasteiger partial charge in [0.25, 0.3) is 0 Å². The van der Waals surface area contributed by atoms with Gasteiger partial charge in [0.15, 0.2) is 11.9 Å². The normalized spacial score (nSPS) is 17.7. The minimum Gasteiger partial charge on any atom is -0.468 e. The lowest BCUT2D eigenvalue weighted by molar-refractivity contribution is -0.129. The van der Waals surface area contributed by atoms with Crippen molar-refractivity contribution in [1.29, 1.82) is 0 Å². The van der Waals surface area contributed by atoms with Gasteiger partial charge in [0.2, 0.25) is 10.0 Å². The number of hydrogen-bond acceptors (Lipinski definition) is 6. The number of hydrogen-bond donors (Lipinski definition) is 1.